The minimum absolute atomic E-state index is 0. The number of benzene rings is 2. The van der Waals surface area contributed by atoms with Crippen LogP contribution < -0.4 is 14.9 Å². The minimum Gasteiger partial charge on any atom is -0.348 e. The van der Waals surface area contributed by atoms with Gasteiger partial charge in [0.15, 0.2) is 0 Å². The number of rotatable bonds is 5. The molecule has 1 aliphatic heterocycles. The fraction of sp³-hybridized carbons (Fsp3) is 0.350. The summed E-state index contributed by atoms with van der Waals surface area (Å²) in [4.78, 5) is 12.6. The highest BCUT2D eigenvalue weighted by atomic mass is 35.5. The van der Waals surface area contributed by atoms with Gasteiger partial charge in [0.25, 0.3) is 15.9 Å². The molecule has 152 valence electrons. The highest BCUT2D eigenvalue weighted by molar-refractivity contribution is 7.92. The monoisotopic (exact) mass is 423 g/mol. The van der Waals surface area contributed by atoms with E-state index in [4.69, 9.17) is 0 Å². The van der Waals surface area contributed by atoms with E-state index in [0.29, 0.717) is 11.3 Å². The number of piperidine rings is 1. The number of anilines is 1. The number of nitrogens with one attached hydrogen (secondary N) is 2. The summed E-state index contributed by atoms with van der Waals surface area (Å²) in [5.74, 6) is -0.251. The first kappa shape index (κ1) is 22.2. The fourth-order valence-corrected chi connectivity index (χ4v) is 4.34. The molecule has 0 radical (unpaired) electrons. The molecular formula is C20H26ClN3O3S. The van der Waals surface area contributed by atoms with Crippen molar-refractivity contribution in [3.8, 4) is 0 Å². The average Bonchev–Trinajstić information content (AvgIpc) is 2.69. The Morgan fingerprint density at radius 2 is 1.89 bits per heavy atom. The number of carbonyl (C=O) groups is 1. The number of amides is 1. The lowest BCUT2D eigenvalue weighted by Crippen LogP contribution is -2.45. The largest absolute Gasteiger partial charge is 0.348 e. The SMILES string of the molecule is Cc1ccc(N(C)S(=O)(=O)c2cccc(C(=O)NC3CCCNC3)c2)cc1.Cl. The summed E-state index contributed by atoms with van der Waals surface area (Å²) < 4.78 is 27.2. The predicted octanol–water partition coefficient (Wildman–Crippen LogP) is 2.72. The first-order valence-corrected chi connectivity index (χ1v) is 10.5. The van der Waals surface area contributed by atoms with E-state index < -0.39 is 10.0 Å². The molecule has 0 aliphatic carbocycles. The lowest BCUT2D eigenvalue weighted by molar-refractivity contribution is 0.0930. The summed E-state index contributed by atoms with van der Waals surface area (Å²) in [5.41, 5.74) is 1.98. The third-order valence-corrected chi connectivity index (χ3v) is 6.57. The first-order valence-electron chi connectivity index (χ1n) is 9.05. The number of halogens is 1. The molecule has 6 nitrogen and oxygen atoms in total. The Kier molecular flexibility index (Phi) is 7.46. The molecule has 0 saturated carbocycles. The van der Waals surface area contributed by atoms with Gasteiger partial charge in [-0.25, -0.2) is 8.42 Å². The van der Waals surface area contributed by atoms with E-state index in [9.17, 15) is 13.2 Å². The van der Waals surface area contributed by atoms with Crippen LogP contribution in [-0.2, 0) is 10.0 Å². The van der Waals surface area contributed by atoms with E-state index >= 15 is 0 Å². The van der Waals surface area contributed by atoms with Crippen LogP contribution in [0.3, 0.4) is 0 Å². The predicted molar refractivity (Wildman–Crippen MR) is 114 cm³/mol. The smallest absolute Gasteiger partial charge is 0.264 e. The summed E-state index contributed by atoms with van der Waals surface area (Å²) in [6.07, 6.45) is 1.94. The minimum atomic E-state index is -3.75. The van der Waals surface area contributed by atoms with Crippen LogP contribution in [0.25, 0.3) is 0 Å². The number of hydrogen-bond acceptors (Lipinski definition) is 4. The van der Waals surface area contributed by atoms with Gasteiger partial charge in [0.1, 0.15) is 0 Å². The van der Waals surface area contributed by atoms with Crippen LogP contribution in [0, 0.1) is 6.92 Å². The zero-order valence-electron chi connectivity index (χ0n) is 16.0. The Hall–Kier alpha value is -2.09. The lowest BCUT2D eigenvalue weighted by Gasteiger charge is -2.24. The highest BCUT2D eigenvalue weighted by Gasteiger charge is 2.23. The van der Waals surface area contributed by atoms with Crippen molar-refractivity contribution < 1.29 is 13.2 Å². The number of aryl methyl sites for hydroxylation is 1. The van der Waals surface area contributed by atoms with E-state index in [1.165, 1.54) is 23.5 Å². The van der Waals surface area contributed by atoms with Gasteiger partial charge in [0, 0.05) is 25.2 Å². The van der Waals surface area contributed by atoms with Crippen LogP contribution in [0.15, 0.2) is 53.4 Å². The van der Waals surface area contributed by atoms with Crippen molar-refractivity contribution in [3.05, 3.63) is 59.7 Å². The topological polar surface area (TPSA) is 78.5 Å². The van der Waals surface area contributed by atoms with E-state index in [-0.39, 0.29) is 29.3 Å². The summed E-state index contributed by atoms with van der Waals surface area (Å²) >= 11 is 0. The number of carbonyl (C=O) groups excluding carboxylic acids is 1. The molecule has 1 unspecified atom stereocenters. The molecule has 8 heteroatoms. The van der Waals surface area contributed by atoms with Crippen LogP contribution in [-0.4, -0.2) is 40.5 Å². The number of sulfonamides is 1. The quantitative estimate of drug-likeness (QED) is 0.775. The second-order valence-electron chi connectivity index (χ2n) is 6.85. The second kappa shape index (κ2) is 9.41. The maximum Gasteiger partial charge on any atom is 0.264 e. The third kappa shape index (κ3) is 5.04. The Morgan fingerprint density at radius 1 is 1.18 bits per heavy atom. The molecule has 2 aromatic carbocycles. The lowest BCUT2D eigenvalue weighted by atomic mass is 10.1. The van der Waals surface area contributed by atoms with Crippen LogP contribution in [0.2, 0.25) is 0 Å². The molecule has 1 saturated heterocycles. The van der Waals surface area contributed by atoms with Crippen molar-refractivity contribution in [2.75, 3.05) is 24.4 Å². The van der Waals surface area contributed by atoms with Gasteiger partial charge in [-0.3, -0.25) is 9.10 Å². The third-order valence-electron chi connectivity index (χ3n) is 4.78. The normalized spacial score (nSPS) is 16.7. The zero-order valence-corrected chi connectivity index (χ0v) is 17.6. The number of nitrogens with zero attached hydrogens (tertiary/aromatic N) is 1. The van der Waals surface area contributed by atoms with Crippen LogP contribution in [0.5, 0.6) is 0 Å². The fourth-order valence-electron chi connectivity index (χ4n) is 3.09. The van der Waals surface area contributed by atoms with Crippen molar-refractivity contribution in [2.45, 2.75) is 30.7 Å². The molecule has 1 atom stereocenters. The van der Waals surface area contributed by atoms with E-state index in [1.54, 1.807) is 24.3 Å². The maximum atomic E-state index is 13.0. The average molecular weight is 424 g/mol. The van der Waals surface area contributed by atoms with Crippen molar-refractivity contribution in [1.29, 1.82) is 0 Å². The molecule has 1 amide bonds. The summed E-state index contributed by atoms with van der Waals surface area (Å²) in [7, 11) is -2.24. The Balaban J connectivity index is 0.00000280. The van der Waals surface area contributed by atoms with Gasteiger partial charge in [-0.1, -0.05) is 23.8 Å². The summed E-state index contributed by atoms with van der Waals surface area (Å²) in [5, 5.41) is 6.22. The molecule has 0 spiro atoms. The Labute approximate surface area is 172 Å². The Bertz CT molecular complexity index is 911. The summed E-state index contributed by atoms with van der Waals surface area (Å²) in [6, 6.07) is 13.5. The van der Waals surface area contributed by atoms with Gasteiger partial charge in [-0.15, -0.1) is 12.4 Å². The molecule has 28 heavy (non-hydrogen) atoms. The van der Waals surface area contributed by atoms with Crippen LogP contribution >= 0.6 is 12.4 Å². The van der Waals surface area contributed by atoms with Crippen molar-refractivity contribution in [2.24, 2.45) is 0 Å². The molecule has 1 fully saturated rings. The van der Waals surface area contributed by atoms with Crippen molar-refractivity contribution >= 4 is 34.0 Å². The van der Waals surface area contributed by atoms with Gasteiger partial charge >= 0.3 is 0 Å². The van der Waals surface area contributed by atoms with Gasteiger partial charge in [-0.2, -0.15) is 0 Å². The zero-order chi connectivity index (χ0) is 19.4. The number of hydrogen-bond donors (Lipinski definition) is 2. The van der Waals surface area contributed by atoms with Gasteiger partial charge in [-0.05, 0) is 56.6 Å². The van der Waals surface area contributed by atoms with Crippen LogP contribution in [0.1, 0.15) is 28.8 Å². The highest BCUT2D eigenvalue weighted by Crippen LogP contribution is 2.23. The van der Waals surface area contributed by atoms with E-state index in [2.05, 4.69) is 10.6 Å². The molecule has 1 heterocycles. The summed E-state index contributed by atoms with van der Waals surface area (Å²) in [6.45, 7) is 3.65. The molecule has 0 aromatic heterocycles. The molecule has 1 aliphatic rings. The van der Waals surface area contributed by atoms with Gasteiger partial charge < -0.3 is 10.6 Å². The van der Waals surface area contributed by atoms with Crippen LogP contribution in [0.4, 0.5) is 5.69 Å². The van der Waals surface area contributed by atoms with Crippen molar-refractivity contribution in [3.63, 3.8) is 0 Å². The molecule has 0 bridgehead atoms. The standard InChI is InChI=1S/C20H25N3O3S.ClH/c1-15-8-10-18(11-9-15)23(2)27(25,26)19-7-3-5-16(13-19)20(24)22-17-6-4-12-21-14-17;/h3,5,7-11,13,17,21H,4,6,12,14H2,1-2H3,(H,22,24);1H. The van der Waals surface area contributed by atoms with Crippen molar-refractivity contribution in [1.82, 2.24) is 10.6 Å². The van der Waals surface area contributed by atoms with Gasteiger partial charge in [0.2, 0.25) is 0 Å². The molecular weight excluding hydrogens is 398 g/mol. The first-order chi connectivity index (χ1) is 12.9. The van der Waals surface area contributed by atoms with E-state index in [1.807, 2.05) is 19.1 Å². The second-order valence-corrected chi connectivity index (χ2v) is 8.82. The Morgan fingerprint density at radius 3 is 2.54 bits per heavy atom. The maximum absolute atomic E-state index is 13.0. The molecule has 2 N–H and O–H groups in total. The van der Waals surface area contributed by atoms with E-state index in [0.717, 1.165) is 31.5 Å². The van der Waals surface area contributed by atoms with Gasteiger partial charge in [0.05, 0.1) is 10.6 Å². The molecule has 2 aromatic rings. The molecule has 3 rings (SSSR count).